The molecule has 1 aromatic carbocycles. The number of carbonyl (C=O) groups excluding carboxylic acids is 1. The van der Waals surface area contributed by atoms with Gasteiger partial charge in [-0.15, -0.1) is 0 Å². The minimum absolute atomic E-state index is 0.0328. The van der Waals surface area contributed by atoms with Crippen molar-refractivity contribution in [2.24, 2.45) is 5.92 Å². The van der Waals surface area contributed by atoms with Crippen molar-refractivity contribution in [2.75, 3.05) is 31.5 Å². The first-order chi connectivity index (χ1) is 9.72. The Morgan fingerprint density at radius 3 is 2.70 bits per heavy atom. The van der Waals surface area contributed by atoms with Crippen LogP contribution in [-0.4, -0.2) is 43.0 Å². The largest absolute Gasteiger partial charge is 0.324 e. The minimum atomic E-state index is -0.0328. The Balaban J connectivity index is 1.49. The van der Waals surface area contributed by atoms with Crippen molar-refractivity contribution in [1.82, 2.24) is 10.2 Å². The van der Waals surface area contributed by atoms with Crippen molar-refractivity contribution in [3.63, 3.8) is 0 Å². The lowest BCUT2D eigenvalue weighted by molar-refractivity contribution is -0.115. The van der Waals surface area contributed by atoms with Crippen molar-refractivity contribution < 1.29 is 4.79 Å². The van der Waals surface area contributed by atoms with Crippen LogP contribution in [0.2, 0.25) is 5.02 Å². The lowest BCUT2D eigenvalue weighted by Gasteiger charge is -2.45. The fourth-order valence-corrected chi connectivity index (χ4v) is 3.36. The molecule has 1 aromatic rings. The summed E-state index contributed by atoms with van der Waals surface area (Å²) in [7, 11) is 0. The van der Waals surface area contributed by atoms with Gasteiger partial charge in [0.1, 0.15) is 0 Å². The van der Waals surface area contributed by atoms with Crippen LogP contribution in [0.15, 0.2) is 24.3 Å². The maximum absolute atomic E-state index is 12.0. The van der Waals surface area contributed by atoms with Crippen LogP contribution in [0.4, 0.5) is 5.69 Å². The highest BCUT2D eigenvalue weighted by atomic mass is 35.5. The number of halogens is 1. The second-order valence-electron chi connectivity index (χ2n) is 5.65. The van der Waals surface area contributed by atoms with Gasteiger partial charge in [-0.3, -0.25) is 4.79 Å². The van der Waals surface area contributed by atoms with E-state index in [0.29, 0.717) is 23.3 Å². The molecule has 5 heteroatoms. The van der Waals surface area contributed by atoms with Crippen LogP contribution in [0.5, 0.6) is 0 Å². The molecule has 3 aliphatic heterocycles. The Morgan fingerprint density at radius 2 is 2.05 bits per heavy atom. The summed E-state index contributed by atoms with van der Waals surface area (Å²) in [6.07, 6.45) is 2.51. The summed E-state index contributed by atoms with van der Waals surface area (Å²) in [6.45, 7) is 3.85. The van der Waals surface area contributed by atoms with E-state index in [1.165, 1.54) is 25.9 Å². The molecule has 2 bridgehead atoms. The van der Waals surface area contributed by atoms with E-state index in [1.54, 1.807) is 6.07 Å². The van der Waals surface area contributed by atoms with Gasteiger partial charge in [0.2, 0.25) is 5.91 Å². The molecule has 3 aliphatic rings. The van der Waals surface area contributed by atoms with Crippen LogP contribution in [0.3, 0.4) is 0 Å². The topological polar surface area (TPSA) is 44.4 Å². The Labute approximate surface area is 124 Å². The first kappa shape index (κ1) is 13.9. The second-order valence-corrected chi connectivity index (χ2v) is 6.06. The van der Waals surface area contributed by atoms with E-state index in [9.17, 15) is 4.79 Å². The minimum Gasteiger partial charge on any atom is -0.324 e. The maximum atomic E-state index is 12.0. The van der Waals surface area contributed by atoms with Crippen molar-refractivity contribution >= 4 is 23.2 Å². The fraction of sp³-hybridized carbons (Fsp3) is 0.533. The third-order valence-electron chi connectivity index (χ3n) is 4.33. The number of carbonyl (C=O) groups is 1. The van der Waals surface area contributed by atoms with Crippen LogP contribution < -0.4 is 10.6 Å². The zero-order valence-corrected chi connectivity index (χ0v) is 12.2. The van der Waals surface area contributed by atoms with Gasteiger partial charge in [0, 0.05) is 12.6 Å². The molecule has 3 heterocycles. The number of rotatable bonds is 4. The fourth-order valence-electron chi connectivity index (χ4n) is 3.18. The highest BCUT2D eigenvalue weighted by molar-refractivity contribution is 6.33. The molecule has 2 N–H and O–H groups in total. The van der Waals surface area contributed by atoms with Gasteiger partial charge in [-0.05, 0) is 44.0 Å². The Bertz CT molecular complexity index is 486. The molecule has 0 radical (unpaired) electrons. The Kier molecular flexibility index (Phi) is 4.24. The number of nitrogens with one attached hydrogen (secondary N) is 2. The van der Waals surface area contributed by atoms with Crippen molar-refractivity contribution in [3.05, 3.63) is 29.3 Å². The maximum Gasteiger partial charge on any atom is 0.238 e. The van der Waals surface area contributed by atoms with Crippen molar-refractivity contribution in [3.8, 4) is 0 Å². The molecule has 0 aromatic heterocycles. The number of nitrogens with zero attached hydrogens (tertiary/aromatic N) is 1. The molecule has 3 fully saturated rings. The zero-order valence-electron chi connectivity index (χ0n) is 11.4. The summed E-state index contributed by atoms with van der Waals surface area (Å²) >= 11 is 6.03. The Hall–Kier alpha value is -1.10. The standard InChI is InChI=1S/C15H20ClN3O/c16-12-3-1-2-4-13(12)18-15(20)9-17-14-10-19-7-5-11(14)6-8-19/h1-4,11,14,17H,5-10H2,(H,18,20). The third-order valence-corrected chi connectivity index (χ3v) is 4.66. The molecule has 1 amide bonds. The van der Waals surface area contributed by atoms with Crippen LogP contribution in [0, 0.1) is 5.92 Å². The normalized spacial score (nSPS) is 28.4. The summed E-state index contributed by atoms with van der Waals surface area (Å²) in [4.78, 5) is 14.4. The quantitative estimate of drug-likeness (QED) is 0.892. The van der Waals surface area contributed by atoms with Crippen LogP contribution in [0.25, 0.3) is 0 Å². The molecule has 0 spiro atoms. The van der Waals surface area contributed by atoms with E-state index >= 15 is 0 Å². The van der Waals surface area contributed by atoms with Crippen molar-refractivity contribution in [2.45, 2.75) is 18.9 Å². The SMILES string of the molecule is O=C(CNC1CN2CCC1CC2)Nc1ccccc1Cl. The molecule has 20 heavy (non-hydrogen) atoms. The predicted molar refractivity (Wildman–Crippen MR) is 81.0 cm³/mol. The van der Waals surface area contributed by atoms with Gasteiger partial charge in [0.25, 0.3) is 0 Å². The zero-order chi connectivity index (χ0) is 13.9. The molecule has 4 nitrogen and oxygen atoms in total. The van der Waals surface area contributed by atoms with Gasteiger partial charge in [0.15, 0.2) is 0 Å². The predicted octanol–water partition coefficient (Wildman–Crippen LogP) is 1.96. The second kappa shape index (κ2) is 6.12. The highest BCUT2D eigenvalue weighted by Crippen LogP contribution is 2.27. The van der Waals surface area contributed by atoms with Gasteiger partial charge in [0.05, 0.1) is 17.3 Å². The number of hydrogen-bond acceptors (Lipinski definition) is 3. The summed E-state index contributed by atoms with van der Waals surface area (Å²) in [5.74, 6) is 0.697. The highest BCUT2D eigenvalue weighted by Gasteiger charge is 2.33. The van der Waals surface area contributed by atoms with E-state index in [2.05, 4.69) is 15.5 Å². The first-order valence-electron chi connectivity index (χ1n) is 7.22. The molecular weight excluding hydrogens is 274 g/mol. The molecule has 0 saturated carbocycles. The molecule has 3 saturated heterocycles. The van der Waals surface area contributed by atoms with Crippen LogP contribution in [-0.2, 0) is 4.79 Å². The smallest absolute Gasteiger partial charge is 0.238 e. The average molecular weight is 294 g/mol. The lowest BCUT2D eigenvalue weighted by Crippen LogP contribution is -2.57. The number of hydrogen-bond donors (Lipinski definition) is 2. The number of piperidine rings is 3. The van der Waals surface area contributed by atoms with Gasteiger partial charge < -0.3 is 15.5 Å². The summed E-state index contributed by atoms with van der Waals surface area (Å²) in [5, 5.41) is 6.82. The van der Waals surface area contributed by atoms with E-state index in [0.717, 1.165) is 12.5 Å². The number of fused-ring (bicyclic) bond motifs is 3. The number of benzene rings is 1. The average Bonchev–Trinajstić information content (AvgIpc) is 2.49. The molecule has 4 rings (SSSR count). The molecule has 108 valence electrons. The Morgan fingerprint density at radius 1 is 1.30 bits per heavy atom. The van der Waals surface area contributed by atoms with Crippen LogP contribution in [0.1, 0.15) is 12.8 Å². The first-order valence-corrected chi connectivity index (χ1v) is 7.60. The molecule has 1 atom stereocenters. The van der Waals surface area contributed by atoms with Crippen LogP contribution >= 0.6 is 11.6 Å². The third kappa shape index (κ3) is 3.14. The summed E-state index contributed by atoms with van der Waals surface area (Å²) < 4.78 is 0. The lowest BCUT2D eigenvalue weighted by atomic mass is 9.84. The summed E-state index contributed by atoms with van der Waals surface area (Å²) in [5.41, 5.74) is 0.676. The van der Waals surface area contributed by atoms with Gasteiger partial charge in [-0.2, -0.15) is 0 Å². The van der Waals surface area contributed by atoms with E-state index < -0.39 is 0 Å². The van der Waals surface area contributed by atoms with E-state index in [-0.39, 0.29) is 5.91 Å². The van der Waals surface area contributed by atoms with Gasteiger partial charge in [-0.1, -0.05) is 23.7 Å². The number of para-hydroxylation sites is 1. The molecule has 1 unspecified atom stereocenters. The van der Waals surface area contributed by atoms with E-state index in [1.807, 2.05) is 18.2 Å². The number of anilines is 1. The monoisotopic (exact) mass is 293 g/mol. The van der Waals surface area contributed by atoms with Gasteiger partial charge in [-0.25, -0.2) is 0 Å². The van der Waals surface area contributed by atoms with Crippen molar-refractivity contribution in [1.29, 1.82) is 0 Å². The number of amides is 1. The molecule has 0 aliphatic carbocycles. The molecular formula is C15H20ClN3O. The van der Waals surface area contributed by atoms with Gasteiger partial charge >= 0.3 is 0 Å². The van der Waals surface area contributed by atoms with E-state index in [4.69, 9.17) is 11.6 Å². The summed E-state index contributed by atoms with van der Waals surface area (Å²) in [6, 6.07) is 7.76.